The monoisotopic (exact) mass is 304 g/mol. The third kappa shape index (κ3) is 2.23. The van der Waals surface area contributed by atoms with Crippen LogP contribution in [0.25, 0.3) is 0 Å². The van der Waals surface area contributed by atoms with Gasteiger partial charge in [0.15, 0.2) is 0 Å². The molecule has 0 saturated carbocycles. The number of benzene rings is 1. The molecule has 5 nitrogen and oxygen atoms in total. The number of aromatic carboxylic acids is 1. The quantitative estimate of drug-likeness (QED) is 0.766. The molecular formula is C15H11ClNO4-. The fourth-order valence-electron chi connectivity index (χ4n) is 2.85. The van der Waals surface area contributed by atoms with Gasteiger partial charge in [0, 0.05) is 5.03 Å². The van der Waals surface area contributed by atoms with Gasteiger partial charge in [-0.25, -0.2) is 0 Å². The smallest absolute Gasteiger partial charge is 0.238 e. The van der Waals surface area contributed by atoms with Crippen molar-refractivity contribution in [2.75, 3.05) is 4.90 Å². The topological polar surface area (TPSA) is 77.5 Å². The zero-order chi connectivity index (χ0) is 15.1. The summed E-state index contributed by atoms with van der Waals surface area (Å²) >= 11 is 5.95. The minimum Gasteiger partial charge on any atom is -0.545 e. The van der Waals surface area contributed by atoms with Crippen molar-refractivity contribution < 1.29 is 19.5 Å². The van der Waals surface area contributed by atoms with E-state index in [4.69, 9.17) is 11.6 Å². The molecule has 21 heavy (non-hydrogen) atoms. The molecule has 1 heterocycles. The molecule has 1 aliphatic carbocycles. The van der Waals surface area contributed by atoms with Gasteiger partial charge in [-0.1, -0.05) is 29.8 Å². The fraction of sp³-hybridized carbons (Fsp3) is 0.267. The van der Waals surface area contributed by atoms with E-state index < -0.39 is 17.8 Å². The Hall–Kier alpha value is -2.14. The summed E-state index contributed by atoms with van der Waals surface area (Å²) in [6.45, 7) is 0. The van der Waals surface area contributed by atoms with Gasteiger partial charge in [-0.05, 0) is 30.5 Å². The van der Waals surface area contributed by atoms with Crippen molar-refractivity contribution in [3.8, 4) is 0 Å². The second kappa shape index (κ2) is 5.00. The Morgan fingerprint density at radius 1 is 1.24 bits per heavy atom. The van der Waals surface area contributed by atoms with Crippen LogP contribution in [0.15, 0.2) is 35.4 Å². The number of allylic oxidation sites excluding steroid dienone is 2. The van der Waals surface area contributed by atoms with Crippen LogP contribution in [-0.4, -0.2) is 17.8 Å². The van der Waals surface area contributed by atoms with Crippen LogP contribution in [0.3, 0.4) is 0 Å². The van der Waals surface area contributed by atoms with Crippen molar-refractivity contribution >= 4 is 35.1 Å². The number of rotatable bonds is 2. The Kier molecular flexibility index (Phi) is 3.29. The van der Waals surface area contributed by atoms with Crippen molar-refractivity contribution in [3.63, 3.8) is 0 Å². The van der Waals surface area contributed by atoms with Crippen LogP contribution in [0.4, 0.5) is 5.69 Å². The number of fused-ring (bicyclic) bond motifs is 1. The number of nitrogens with zero attached hydrogens (tertiary/aromatic N) is 1. The van der Waals surface area contributed by atoms with Gasteiger partial charge in [0.25, 0.3) is 0 Å². The third-order valence-corrected chi connectivity index (χ3v) is 4.22. The Balaban J connectivity index is 1.97. The van der Waals surface area contributed by atoms with E-state index >= 15 is 0 Å². The average Bonchev–Trinajstić information content (AvgIpc) is 2.70. The zero-order valence-corrected chi connectivity index (χ0v) is 11.7. The second-order valence-electron chi connectivity index (χ2n) is 5.15. The molecule has 108 valence electrons. The van der Waals surface area contributed by atoms with Gasteiger partial charge in [-0.2, -0.15) is 0 Å². The van der Waals surface area contributed by atoms with E-state index in [1.807, 2.05) is 0 Å². The molecule has 1 aromatic rings. The number of hydrogen-bond acceptors (Lipinski definition) is 4. The van der Waals surface area contributed by atoms with Gasteiger partial charge in [0.05, 0.1) is 23.5 Å². The van der Waals surface area contributed by atoms with Crippen LogP contribution < -0.4 is 10.0 Å². The van der Waals surface area contributed by atoms with Crippen molar-refractivity contribution in [2.45, 2.75) is 12.8 Å². The number of carbonyl (C=O) groups excluding carboxylic acids is 3. The van der Waals surface area contributed by atoms with Crippen LogP contribution in [0.5, 0.6) is 0 Å². The van der Waals surface area contributed by atoms with E-state index in [1.54, 1.807) is 6.08 Å². The van der Waals surface area contributed by atoms with Crippen molar-refractivity contribution in [3.05, 3.63) is 40.9 Å². The number of carboxylic acids is 1. The zero-order valence-electron chi connectivity index (χ0n) is 10.9. The standard InChI is InChI=1S/C15H12ClNO4/c16-9-4-5-11-12(7-9)14(19)17(13(11)18)10-3-1-2-8(6-10)15(20)21/h1-4,6,11-12H,5,7H2,(H,20,21)/p-1/t11-,12-/m1/s1. The molecular weight excluding hydrogens is 294 g/mol. The molecule has 2 amide bonds. The summed E-state index contributed by atoms with van der Waals surface area (Å²) in [6.07, 6.45) is 2.55. The van der Waals surface area contributed by atoms with Gasteiger partial charge < -0.3 is 9.90 Å². The SMILES string of the molecule is O=C([O-])c1cccc(N2C(=O)[C@@H]3CC=C(Cl)C[C@H]3C2=O)c1. The highest BCUT2D eigenvalue weighted by atomic mass is 35.5. The first-order chi connectivity index (χ1) is 9.99. The van der Waals surface area contributed by atoms with Gasteiger partial charge >= 0.3 is 0 Å². The number of amides is 2. The lowest BCUT2D eigenvalue weighted by Gasteiger charge is -2.17. The van der Waals surface area contributed by atoms with E-state index in [-0.39, 0.29) is 23.1 Å². The van der Waals surface area contributed by atoms with Crippen LogP contribution >= 0.6 is 11.6 Å². The molecule has 1 aromatic carbocycles. The maximum absolute atomic E-state index is 12.4. The number of hydrogen-bond donors (Lipinski definition) is 0. The summed E-state index contributed by atoms with van der Waals surface area (Å²) in [6, 6.07) is 5.65. The minimum atomic E-state index is -1.35. The maximum Gasteiger partial charge on any atom is 0.238 e. The minimum absolute atomic E-state index is 0.0703. The van der Waals surface area contributed by atoms with E-state index in [0.29, 0.717) is 17.9 Å². The number of halogens is 1. The first kappa shape index (κ1) is 13.8. The predicted molar refractivity (Wildman–Crippen MR) is 73.4 cm³/mol. The predicted octanol–water partition coefficient (Wildman–Crippen LogP) is 1.07. The van der Waals surface area contributed by atoms with Crippen molar-refractivity contribution in [1.82, 2.24) is 0 Å². The highest BCUT2D eigenvalue weighted by molar-refractivity contribution is 6.30. The lowest BCUT2D eigenvalue weighted by molar-refractivity contribution is -0.255. The van der Waals surface area contributed by atoms with Crippen LogP contribution in [0.2, 0.25) is 0 Å². The molecule has 3 rings (SSSR count). The molecule has 1 saturated heterocycles. The first-order valence-corrected chi connectivity index (χ1v) is 6.90. The maximum atomic E-state index is 12.4. The third-order valence-electron chi connectivity index (χ3n) is 3.91. The number of anilines is 1. The molecule has 0 unspecified atom stereocenters. The summed E-state index contributed by atoms with van der Waals surface area (Å²) < 4.78 is 0. The Bertz CT molecular complexity index is 682. The largest absolute Gasteiger partial charge is 0.545 e. The lowest BCUT2D eigenvalue weighted by atomic mass is 9.85. The van der Waals surface area contributed by atoms with Gasteiger partial charge in [0.1, 0.15) is 0 Å². The molecule has 6 heteroatoms. The van der Waals surface area contributed by atoms with Crippen LogP contribution in [0.1, 0.15) is 23.2 Å². The highest BCUT2D eigenvalue weighted by Gasteiger charge is 2.48. The summed E-state index contributed by atoms with van der Waals surface area (Å²) in [5.41, 5.74) is 0.191. The molecule has 0 N–H and O–H groups in total. The molecule has 0 bridgehead atoms. The fourth-order valence-corrected chi connectivity index (χ4v) is 3.11. The molecule has 0 spiro atoms. The molecule has 2 aliphatic rings. The summed E-state index contributed by atoms with van der Waals surface area (Å²) in [4.78, 5) is 36.8. The summed E-state index contributed by atoms with van der Waals surface area (Å²) in [7, 11) is 0. The molecule has 2 atom stereocenters. The van der Waals surface area contributed by atoms with E-state index in [2.05, 4.69) is 0 Å². The number of imide groups is 1. The van der Waals surface area contributed by atoms with Gasteiger partial charge in [-0.3, -0.25) is 14.5 Å². The molecule has 1 fully saturated rings. The van der Waals surface area contributed by atoms with Crippen LogP contribution in [-0.2, 0) is 9.59 Å². The highest BCUT2D eigenvalue weighted by Crippen LogP contribution is 2.40. The van der Waals surface area contributed by atoms with E-state index in [9.17, 15) is 19.5 Å². The first-order valence-electron chi connectivity index (χ1n) is 6.53. The van der Waals surface area contributed by atoms with Crippen molar-refractivity contribution in [1.29, 1.82) is 0 Å². The molecule has 0 aromatic heterocycles. The Labute approximate surface area is 125 Å². The normalized spacial score (nSPS) is 24.8. The summed E-state index contributed by atoms with van der Waals surface area (Å²) in [5, 5.41) is 11.5. The van der Waals surface area contributed by atoms with Crippen LogP contribution in [0, 0.1) is 11.8 Å². The Morgan fingerprint density at radius 3 is 2.67 bits per heavy atom. The average molecular weight is 305 g/mol. The van der Waals surface area contributed by atoms with E-state index in [0.717, 1.165) is 4.90 Å². The number of carboxylic acid groups (broad SMARTS) is 1. The van der Waals surface area contributed by atoms with Crippen molar-refractivity contribution in [2.24, 2.45) is 11.8 Å². The van der Waals surface area contributed by atoms with Gasteiger partial charge in [-0.15, -0.1) is 0 Å². The second-order valence-corrected chi connectivity index (χ2v) is 5.64. The van der Waals surface area contributed by atoms with E-state index in [1.165, 1.54) is 24.3 Å². The Morgan fingerprint density at radius 2 is 1.95 bits per heavy atom. The lowest BCUT2D eigenvalue weighted by Crippen LogP contribution is -2.31. The molecule has 0 radical (unpaired) electrons. The summed E-state index contributed by atoms with van der Waals surface area (Å²) in [5.74, 6) is -2.85. The number of carbonyl (C=O) groups is 3. The molecule has 1 aliphatic heterocycles. The van der Waals surface area contributed by atoms with Gasteiger partial charge in [0.2, 0.25) is 11.8 Å².